The Morgan fingerprint density at radius 1 is 0.976 bits per heavy atom. The second-order valence-electron chi connectivity index (χ2n) is 10.7. The molecule has 1 fully saturated rings. The molecule has 41 heavy (non-hydrogen) atoms. The van der Waals surface area contributed by atoms with Crippen molar-refractivity contribution in [1.82, 2.24) is 10.2 Å². The molecule has 0 unspecified atom stereocenters. The first kappa shape index (κ1) is 31.2. The van der Waals surface area contributed by atoms with E-state index >= 15 is 0 Å². The first-order chi connectivity index (χ1) is 19.9. The molecule has 0 atom stereocenters. The van der Waals surface area contributed by atoms with E-state index in [9.17, 15) is 10.2 Å². The van der Waals surface area contributed by atoms with Crippen LogP contribution in [0.2, 0.25) is 5.02 Å². The van der Waals surface area contributed by atoms with Crippen LogP contribution in [0.15, 0.2) is 54.6 Å². The molecule has 3 aromatic rings. The number of aliphatic hydroxyl groups excluding tert-OH is 2. The molecule has 0 spiro atoms. The van der Waals surface area contributed by atoms with E-state index in [1.54, 1.807) is 0 Å². The quantitative estimate of drug-likeness (QED) is 0.242. The third-order valence-corrected chi connectivity index (χ3v) is 8.22. The number of nitrogens with zero attached hydrogens (tertiary/aromatic N) is 1. The Hall–Kier alpha value is -2.71. The molecule has 3 aromatic carbocycles. The number of hydrogen-bond acceptors (Lipinski definition) is 6. The minimum Gasteiger partial charge on any atom is -0.487 e. The normalized spacial score (nSPS) is 14.3. The van der Waals surface area contributed by atoms with E-state index in [-0.39, 0.29) is 19.3 Å². The zero-order valence-corrected chi connectivity index (χ0v) is 25.2. The Balaban J connectivity index is 1.43. The first-order valence-corrected chi connectivity index (χ1v) is 14.8. The van der Waals surface area contributed by atoms with Crippen LogP contribution in [0.25, 0.3) is 17.2 Å². The van der Waals surface area contributed by atoms with E-state index in [1.807, 2.05) is 19.1 Å². The van der Waals surface area contributed by atoms with Crippen molar-refractivity contribution in [2.75, 3.05) is 46.1 Å². The summed E-state index contributed by atoms with van der Waals surface area (Å²) >= 11 is 6.59. The molecular weight excluding hydrogens is 536 g/mol. The molecule has 1 saturated heterocycles. The predicted octanol–water partition coefficient (Wildman–Crippen LogP) is 5.69. The second kappa shape index (κ2) is 15.5. The molecule has 0 amide bonds. The summed E-state index contributed by atoms with van der Waals surface area (Å²) in [4.78, 5) is 2.46. The number of aryl methyl sites for hydroxylation is 1. The van der Waals surface area contributed by atoms with Gasteiger partial charge < -0.3 is 25.0 Å². The summed E-state index contributed by atoms with van der Waals surface area (Å²) < 4.78 is 11.7. The Morgan fingerprint density at radius 3 is 2.41 bits per heavy atom. The van der Waals surface area contributed by atoms with Crippen LogP contribution in [0.4, 0.5) is 0 Å². The summed E-state index contributed by atoms with van der Waals surface area (Å²) in [6.07, 6.45) is 5.56. The Bertz CT molecular complexity index is 1320. The number of aliphatic hydroxyl groups is 2. The van der Waals surface area contributed by atoms with Crippen LogP contribution in [0.5, 0.6) is 5.75 Å². The topological polar surface area (TPSA) is 74.2 Å². The van der Waals surface area contributed by atoms with Crippen LogP contribution in [0.3, 0.4) is 0 Å². The SMILES string of the molecule is Cc1cc(OCc2cccc(-c3cccc(/C=C/CCN4CCOCC4)c3C)c2C)c(Cl)cc1CNC(CO)CO. The number of hydrogen-bond donors (Lipinski definition) is 3. The van der Waals surface area contributed by atoms with Gasteiger partial charge in [-0.05, 0) is 83.8 Å². The molecule has 0 bridgehead atoms. The summed E-state index contributed by atoms with van der Waals surface area (Å²) in [6, 6.07) is 16.4. The highest BCUT2D eigenvalue weighted by atomic mass is 35.5. The summed E-state index contributed by atoms with van der Waals surface area (Å²) in [6.45, 7) is 11.8. The molecule has 0 aliphatic carbocycles. The van der Waals surface area contributed by atoms with E-state index < -0.39 is 0 Å². The van der Waals surface area contributed by atoms with E-state index in [0.717, 1.165) is 56.0 Å². The van der Waals surface area contributed by atoms with Crippen LogP contribution in [-0.2, 0) is 17.9 Å². The third kappa shape index (κ3) is 8.41. The average Bonchev–Trinajstić information content (AvgIpc) is 2.98. The number of ether oxygens (including phenoxy) is 2. The van der Waals surface area contributed by atoms with Crippen molar-refractivity contribution in [1.29, 1.82) is 0 Å². The molecule has 6 nitrogen and oxygen atoms in total. The van der Waals surface area contributed by atoms with Crippen molar-refractivity contribution >= 4 is 17.7 Å². The lowest BCUT2D eigenvalue weighted by Crippen LogP contribution is -2.36. The van der Waals surface area contributed by atoms with Crippen LogP contribution in [-0.4, -0.2) is 67.2 Å². The van der Waals surface area contributed by atoms with E-state index in [4.69, 9.17) is 21.1 Å². The lowest BCUT2D eigenvalue weighted by Gasteiger charge is -2.25. The highest BCUT2D eigenvalue weighted by Gasteiger charge is 2.14. The van der Waals surface area contributed by atoms with Crippen molar-refractivity contribution in [3.8, 4) is 16.9 Å². The predicted molar refractivity (Wildman–Crippen MR) is 168 cm³/mol. The number of benzene rings is 3. The minimum absolute atomic E-state index is 0.126. The molecule has 0 radical (unpaired) electrons. The van der Waals surface area contributed by atoms with Crippen LogP contribution >= 0.6 is 11.6 Å². The molecule has 220 valence electrons. The van der Waals surface area contributed by atoms with E-state index in [2.05, 4.69) is 72.6 Å². The van der Waals surface area contributed by atoms with Crippen LogP contribution in [0, 0.1) is 20.8 Å². The van der Waals surface area contributed by atoms with Crippen molar-refractivity contribution in [3.63, 3.8) is 0 Å². The van der Waals surface area contributed by atoms with Crippen LogP contribution in [0.1, 0.15) is 39.8 Å². The lowest BCUT2D eigenvalue weighted by molar-refractivity contribution is 0.0387. The fourth-order valence-electron chi connectivity index (χ4n) is 5.14. The largest absolute Gasteiger partial charge is 0.487 e. The first-order valence-electron chi connectivity index (χ1n) is 14.4. The standard InChI is InChI=1S/C34H43ClN2O4/c1-24-18-34(33(35)19-29(24)20-36-30(21-38)22-39)41-23-28-10-7-12-32(26(28)3)31-11-6-9-27(25(31)2)8-4-5-13-37-14-16-40-17-15-37/h4,6-12,18-19,30,36,38-39H,5,13-17,20-23H2,1-3H3/b8-4+. The van der Waals surface area contributed by atoms with Gasteiger partial charge in [-0.25, -0.2) is 0 Å². The molecule has 1 aliphatic rings. The third-order valence-electron chi connectivity index (χ3n) is 7.92. The highest BCUT2D eigenvalue weighted by molar-refractivity contribution is 6.32. The zero-order chi connectivity index (χ0) is 29.2. The summed E-state index contributed by atoms with van der Waals surface area (Å²) in [7, 11) is 0. The molecule has 1 heterocycles. The maximum absolute atomic E-state index is 9.30. The molecule has 1 aliphatic heterocycles. The maximum atomic E-state index is 9.30. The van der Waals surface area contributed by atoms with Gasteiger partial charge in [0.05, 0.1) is 37.5 Å². The lowest BCUT2D eigenvalue weighted by atomic mass is 9.91. The monoisotopic (exact) mass is 578 g/mol. The molecule has 0 saturated carbocycles. The van der Waals surface area contributed by atoms with Gasteiger partial charge in [-0.2, -0.15) is 0 Å². The van der Waals surface area contributed by atoms with Crippen molar-refractivity contribution in [2.45, 2.75) is 46.4 Å². The fraction of sp³-hybridized carbons (Fsp3) is 0.412. The van der Waals surface area contributed by atoms with Crippen LogP contribution < -0.4 is 10.1 Å². The van der Waals surface area contributed by atoms with Gasteiger partial charge >= 0.3 is 0 Å². The molecular formula is C34H43ClN2O4. The molecule has 0 aromatic heterocycles. The fourth-order valence-corrected chi connectivity index (χ4v) is 5.38. The van der Waals surface area contributed by atoms with Crippen molar-refractivity contribution in [2.24, 2.45) is 0 Å². The van der Waals surface area contributed by atoms with Gasteiger partial charge in [-0.15, -0.1) is 0 Å². The van der Waals surface area contributed by atoms with Gasteiger partial charge in [0.1, 0.15) is 12.4 Å². The van der Waals surface area contributed by atoms with Gasteiger partial charge in [-0.3, -0.25) is 4.90 Å². The van der Waals surface area contributed by atoms with Gasteiger partial charge in [0.25, 0.3) is 0 Å². The number of rotatable bonds is 13. The summed E-state index contributed by atoms with van der Waals surface area (Å²) in [5.41, 5.74) is 9.28. The summed E-state index contributed by atoms with van der Waals surface area (Å²) in [5, 5.41) is 22.3. The Morgan fingerprint density at radius 2 is 1.68 bits per heavy atom. The zero-order valence-electron chi connectivity index (χ0n) is 24.5. The number of nitrogens with one attached hydrogen (secondary N) is 1. The van der Waals surface area contributed by atoms with Gasteiger partial charge in [-0.1, -0.05) is 60.2 Å². The van der Waals surface area contributed by atoms with Gasteiger partial charge in [0.2, 0.25) is 0 Å². The smallest absolute Gasteiger partial charge is 0.138 e. The van der Waals surface area contributed by atoms with E-state index in [1.165, 1.54) is 27.8 Å². The number of halogens is 1. The van der Waals surface area contributed by atoms with Gasteiger partial charge in [0.15, 0.2) is 0 Å². The minimum atomic E-state index is -0.361. The molecule has 4 rings (SSSR count). The molecule has 3 N–H and O–H groups in total. The molecule has 7 heteroatoms. The Labute approximate surface area is 249 Å². The van der Waals surface area contributed by atoms with Crippen molar-refractivity contribution < 1.29 is 19.7 Å². The average molecular weight is 579 g/mol. The van der Waals surface area contributed by atoms with E-state index in [0.29, 0.717) is 23.9 Å². The summed E-state index contributed by atoms with van der Waals surface area (Å²) in [5.74, 6) is 0.638. The maximum Gasteiger partial charge on any atom is 0.138 e. The van der Waals surface area contributed by atoms with Crippen molar-refractivity contribution in [3.05, 3.63) is 93.0 Å². The Kier molecular flexibility index (Phi) is 11.8. The number of morpholine rings is 1. The second-order valence-corrected chi connectivity index (χ2v) is 11.1. The highest BCUT2D eigenvalue weighted by Crippen LogP contribution is 2.33. The van der Waals surface area contributed by atoms with Gasteiger partial charge in [0, 0.05) is 26.2 Å².